The highest BCUT2D eigenvalue weighted by molar-refractivity contribution is 7.92. The van der Waals surface area contributed by atoms with Crippen molar-refractivity contribution in [2.24, 2.45) is 5.92 Å². The van der Waals surface area contributed by atoms with Crippen molar-refractivity contribution in [1.29, 1.82) is 0 Å². The Bertz CT molecular complexity index is 1400. The summed E-state index contributed by atoms with van der Waals surface area (Å²) in [6.07, 6.45) is 0.386. The number of benzene rings is 3. The summed E-state index contributed by atoms with van der Waals surface area (Å²) in [6.45, 7) is 11.9. The fourth-order valence-electron chi connectivity index (χ4n) is 4.43. The van der Waals surface area contributed by atoms with E-state index in [-0.39, 0.29) is 23.3 Å². The Morgan fingerprint density at radius 1 is 0.850 bits per heavy atom. The molecule has 0 aliphatic rings. The summed E-state index contributed by atoms with van der Waals surface area (Å²) >= 11 is 0. The number of aryl methyl sites for hydroxylation is 3. The summed E-state index contributed by atoms with van der Waals surface area (Å²) in [6, 6.07) is 20.6. The van der Waals surface area contributed by atoms with Gasteiger partial charge in [0.05, 0.1) is 10.6 Å². The molecular weight excluding hydrogens is 522 g/mol. The van der Waals surface area contributed by atoms with Gasteiger partial charge in [-0.2, -0.15) is 0 Å². The molecule has 1 N–H and O–H groups in total. The predicted molar refractivity (Wildman–Crippen MR) is 161 cm³/mol. The summed E-state index contributed by atoms with van der Waals surface area (Å²) in [7, 11) is -4.08. The Labute approximate surface area is 239 Å². The molecule has 0 aromatic heterocycles. The van der Waals surface area contributed by atoms with Crippen molar-refractivity contribution in [3.05, 3.63) is 95.1 Å². The standard InChI is InChI=1S/C32H41N3O4S/c1-7-30(32(37)33-20-23(2)3)34(21-27-10-8-9-26(6)19-27)31(36)22-35(28-15-11-24(4)12-16-28)40(38,39)29-17-13-25(5)14-18-29/h8-19,23,30H,7,20-22H2,1-6H3,(H,33,37)/t30-/m1/s1. The first-order valence-electron chi connectivity index (χ1n) is 13.7. The fraction of sp³-hybridized carbons (Fsp3) is 0.375. The lowest BCUT2D eigenvalue weighted by atomic mass is 10.1. The van der Waals surface area contributed by atoms with Crippen LogP contribution >= 0.6 is 0 Å². The van der Waals surface area contributed by atoms with Gasteiger partial charge in [-0.05, 0) is 62.9 Å². The first-order valence-corrected chi connectivity index (χ1v) is 15.1. The van der Waals surface area contributed by atoms with E-state index in [4.69, 9.17) is 0 Å². The number of nitrogens with zero attached hydrogens (tertiary/aromatic N) is 2. The highest BCUT2D eigenvalue weighted by Gasteiger charge is 2.33. The monoisotopic (exact) mass is 563 g/mol. The van der Waals surface area contributed by atoms with Crippen LogP contribution in [0.2, 0.25) is 0 Å². The maximum Gasteiger partial charge on any atom is 0.264 e. The van der Waals surface area contributed by atoms with Gasteiger partial charge in [0.25, 0.3) is 10.0 Å². The second kappa shape index (κ2) is 13.6. The van der Waals surface area contributed by atoms with Crippen LogP contribution in [0, 0.1) is 26.7 Å². The molecule has 0 aliphatic carbocycles. The minimum absolute atomic E-state index is 0.0958. The van der Waals surface area contributed by atoms with Gasteiger partial charge in [0, 0.05) is 13.1 Å². The molecule has 0 bridgehead atoms. The topological polar surface area (TPSA) is 86.8 Å². The minimum Gasteiger partial charge on any atom is -0.354 e. The molecule has 0 unspecified atom stereocenters. The van der Waals surface area contributed by atoms with Crippen LogP contribution in [-0.4, -0.2) is 44.3 Å². The van der Waals surface area contributed by atoms with Crippen LogP contribution in [-0.2, 0) is 26.2 Å². The Morgan fingerprint density at radius 3 is 2.00 bits per heavy atom. The zero-order valence-corrected chi connectivity index (χ0v) is 25.2. The molecule has 3 rings (SSSR count). The molecule has 40 heavy (non-hydrogen) atoms. The lowest BCUT2D eigenvalue weighted by molar-refractivity contribution is -0.140. The number of hydrogen-bond acceptors (Lipinski definition) is 4. The zero-order valence-electron chi connectivity index (χ0n) is 24.3. The molecule has 3 aromatic carbocycles. The number of rotatable bonds is 12. The number of sulfonamides is 1. The molecule has 0 fully saturated rings. The molecule has 0 heterocycles. The molecule has 0 saturated carbocycles. The van der Waals surface area contributed by atoms with E-state index in [1.54, 1.807) is 36.4 Å². The third kappa shape index (κ3) is 7.94. The lowest BCUT2D eigenvalue weighted by Gasteiger charge is -2.33. The molecule has 0 aliphatic heterocycles. The maximum atomic E-state index is 14.1. The normalized spacial score (nSPS) is 12.2. The molecule has 214 valence electrons. The number of nitrogens with one attached hydrogen (secondary N) is 1. The number of carbonyl (C=O) groups excluding carboxylic acids is 2. The molecule has 2 amide bonds. The van der Waals surface area contributed by atoms with Crippen LogP contribution in [0.1, 0.15) is 49.4 Å². The van der Waals surface area contributed by atoms with Crippen LogP contribution < -0.4 is 9.62 Å². The number of carbonyl (C=O) groups is 2. The number of hydrogen-bond donors (Lipinski definition) is 1. The van der Waals surface area contributed by atoms with E-state index in [1.165, 1.54) is 4.90 Å². The first-order chi connectivity index (χ1) is 18.9. The van der Waals surface area contributed by atoms with Gasteiger partial charge in [-0.25, -0.2) is 8.42 Å². The van der Waals surface area contributed by atoms with Crippen molar-refractivity contribution in [2.45, 2.75) is 65.4 Å². The first kappa shape index (κ1) is 30.9. The highest BCUT2D eigenvalue weighted by Crippen LogP contribution is 2.25. The average molecular weight is 564 g/mol. The van der Waals surface area contributed by atoms with Crippen LogP contribution in [0.15, 0.2) is 77.7 Å². The number of anilines is 1. The van der Waals surface area contributed by atoms with Gasteiger partial charge in [0.2, 0.25) is 11.8 Å². The third-order valence-electron chi connectivity index (χ3n) is 6.72. The highest BCUT2D eigenvalue weighted by atomic mass is 32.2. The second-order valence-electron chi connectivity index (χ2n) is 10.7. The Morgan fingerprint density at radius 2 is 1.45 bits per heavy atom. The molecule has 0 spiro atoms. The van der Waals surface area contributed by atoms with Crippen LogP contribution in [0.3, 0.4) is 0 Å². The quantitative estimate of drug-likeness (QED) is 0.320. The summed E-state index contributed by atoms with van der Waals surface area (Å²) in [5.41, 5.74) is 4.18. The Kier molecular flexibility index (Phi) is 10.5. The molecular formula is C32H41N3O4S. The van der Waals surface area contributed by atoms with Gasteiger partial charge >= 0.3 is 0 Å². The van der Waals surface area contributed by atoms with Gasteiger partial charge in [-0.3, -0.25) is 13.9 Å². The minimum atomic E-state index is -4.08. The average Bonchev–Trinajstić information content (AvgIpc) is 2.91. The van der Waals surface area contributed by atoms with E-state index < -0.39 is 28.5 Å². The van der Waals surface area contributed by atoms with E-state index in [0.717, 1.165) is 26.6 Å². The van der Waals surface area contributed by atoms with E-state index in [1.807, 2.05) is 77.9 Å². The number of amides is 2. The smallest absolute Gasteiger partial charge is 0.264 e. The lowest BCUT2D eigenvalue weighted by Crippen LogP contribution is -2.52. The molecule has 3 aromatic rings. The van der Waals surface area contributed by atoms with Crippen molar-refractivity contribution >= 4 is 27.5 Å². The van der Waals surface area contributed by atoms with Crippen molar-refractivity contribution in [3.63, 3.8) is 0 Å². The van der Waals surface area contributed by atoms with E-state index in [0.29, 0.717) is 18.7 Å². The second-order valence-corrected chi connectivity index (χ2v) is 12.6. The predicted octanol–water partition coefficient (Wildman–Crippen LogP) is 5.39. The van der Waals surface area contributed by atoms with E-state index in [9.17, 15) is 18.0 Å². The van der Waals surface area contributed by atoms with Gasteiger partial charge in [-0.15, -0.1) is 0 Å². The van der Waals surface area contributed by atoms with Gasteiger partial charge in [0.15, 0.2) is 0 Å². The van der Waals surface area contributed by atoms with Gasteiger partial charge < -0.3 is 10.2 Å². The van der Waals surface area contributed by atoms with Crippen molar-refractivity contribution in [2.75, 3.05) is 17.4 Å². The van der Waals surface area contributed by atoms with Gasteiger partial charge in [0.1, 0.15) is 12.6 Å². The van der Waals surface area contributed by atoms with E-state index >= 15 is 0 Å². The van der Waals surface area contributed by atoms with Crippen LogP contribution in [0.25, 0.3) is 0 Å². The van der Waals surface area contributed by atoms with Crippen LogP contribution in [0.4, 0.5) is 5.69 Å². The van der Waals surface area contributed by atoms with Crippen molar-refractivity contribution in [1.82, 2.24) is 10.2 Å². The molecule has 8 heteroatoms. The zero-order chi connectivity index (χ0) is 29.4. The fourth-order valence-corrected chi connectivity index (χ4v) is 5.84. The summed E-state index contributed by atoms with van der Waals surface area (Å²) in [5, 5.41) is 2.95. The largest absolute Gasteiger partial charge is 0.354 e. The molecule has 7 nitrogen and oxygen atoms in total. The summed E-state index contributed by atoms with van der Waals surface area (Å²) in [4.78, 5) is 29.0. The summed E-state index contributed by atoms with van der Waals surface area (Å²) in [5.74, 6) is -0.455. The summed E-state index contributed by atoms with van der Waals surface area (Å²) < 4.78 is 29.0. The van der Waals surface area contributed by atoms with Crippen molar-refractivity contribution < 1.29 is 18.0 Å². The maximum absolute atomic E-state index is 14.1. The molecule has 0 saturated heterocycles. The molecule has 0 radical (unpaired) electrons. The molecule has 1 atom stereocenters. The SMILES string of the molecule is CC[C@H](C(=O)NCC(C)C)N(Cc1cccc(C)c1)C(=O)CN(c1ccc(C)cc1)S(=O)(=O)c1ccc(C)cc1. The third-order valence-corrected chi connectivity index (χ3v) is 8.50. The van der Waals surface area contributed by atoms with Crippen LogP contribution in [0.5, 0.6) is 0 Å². The van der Waals surface area contributed by atoms with Crippen molar-refractivity contribution in [3.8, 4) is 0 Å². The van der Waals surface area contributed by atoms with Gasteiger partial charge in [-0.1, -0.05) is 86.0 Å². The Hall–Kier alpha value is -3.65. The Balaban J connectivity index is 2.04. The van der Waals surface area contributed by atoms with E-state index in [2.05, 4.69) is 5.32 Å².